The lowest BCUT2D eigenvalue weighted by atomic mass is 9.95. The van der Waals surface area contributed by atoms with Crippen molar-refractivity contribution in [2.24, 2.45) is 5.92 Å². The first-order valence-electron chi connectivity index (χ1n) is 10.9. The van der Waals surface area contributed by atoms with Gasteiger partial charge in [-0.25, -0.2) is 4.79 Å². The maximum Gasteiger partial charge on any atom is 0.416 e. The number of carboxylic acid groups (broad SMARTS) is 1. The first-order valence-corrected chi connectivity index (χ1v) is 11.2. The molecular weight excluding hydrogens is 463 g/mol. The average Bonchev–Trinajstić information content (AvgIpc) is 3.19. The van der Waals surface area contributed by atoms with Crippen LogP contribution in [-0.4, -0.2) is 15.6 Å². The summed E-state index contributed by atoms with van der Waals surface area (Å²) in [7, 11) is 0. The quantitative estimate of drug-likeness (QED) is 0.298. The Morgan fingerprint density at radius 1 is 1.00 bits per heavy atom. The van der Waals surface area contributed by atoms with E-state index in [1.807, 2.05) is 42.6 Å². The minimum atomic E-state index is -4.45. The van der Waals surface area contributed by atoms with Crippen molar-refractivity contribution in [2.45, 2.75) is 32.5 Å². The third kappa shape index (κ3) is 4.82. The summed E-state index contributed by atoms with van der Waals surface area (Å²) < 4.78 is 41.1. The number of hydrogen-bond donors (Lipinski definition) is 1. The van der Waals surface area contributed by atoms with Crippen LogP contribution in [0.1, 0.15) is 47.8 Å². The number of fused-ring (bicyclic) bond motifs is 1. The highest BCUT2D eigenvalue weighted by atomic mass is 35.5. The summed E-state index contributed by atoms with van der Waals surface area (Å²) in [6.45, 7) is 4.27. The predicted octanol–water partition coefficient (Wildman–Crippen LogP) is 8.31. The van der Waals surface area contributed by atoms with E-state index in [2.05, 4.69) is 18.4 Å². The van der Waals surface area contributed by atoms with Crippen LogP contribution in [0.2, 0.25) is 5.02 Å². The Kier molecular flexibility index (Phi) is 6.45. The third-order valence-electron chi connectivity index (χ3n) is 5.90. The average molecular weight is 486 g/mol. The van der Waals surface area contributed by atoms with Gasteiger partial charge < -0.3 is 9.67 Å². The molecule has 4 rings (SSSR count). The fourth-order valence-electron chi connectivity index (χ4n) is 4.23. The lowest BCUT2D eigenvalue weighted by molar-refractivity contribution is -0.137. The van der Waals surface area contributed by atoms with Crippen LogP contribution in [0.25, 0.3) is 22.0 Å². The number of aromatic nitrogens is 1. The SMILES string of the molecule is CC(C)CC(c1ccc(C(=O)O)cc1)n1ccc2cc(-c3ccc(C(F)(F)F)cc3Cl)ccc21. The molecule has 4 aromatic rings. The summed E-state index contributed by atoms with van der Waals surface area (Å²) in [5.41, 5.74) is 2.70. The van der Waals surface area contributed by atoms with Gasteiger partial charge in [0, 0.05) is 27.7 Å². The number of halogens is 4. The molecule has 0 saturated carbocycles. The molecule has 0 saturated heterocycles. The first kappa shape index (κ1) is 23.9. The fraction of sp³-hybridized carbons (Fsp3) is 0.222. The van der Waals surface area contributed by atoms with E-state index in [0.29, 0.717) is 11.5 Å². The zero-order chi connectivity index (χ0) is 24.6. The predicted molar refractivity (Wildman–Crippen MR) is 128 cm³/mol. The van der Waals surface area contributed by atoms with Gasteiger partial charge in [0.1, 0.15) is 0 Å². The second kappa shape index (κ2) is 9.18. The summed E-state index contributed by atoms with van der Waals surface area (Å²) in [4.78, 5) is 11.2. The zero-order valence-electron chi connectivity index (χ0n) is 18.6. The molecule has 1 N–H and O–H groups in total. The Balaban J connectivity index is 1.73. The summed E-state index contributed by atoms with van der Waals surface area (Å²) in [5.74, 6) is -0.570. The van der Waals surface area contributed by atoms with Crippen molar-refractivity contribution in [3.63, 3.8) is 0 Å². The number of carbonyl (C=O) groups is 1. The number of carboxylic acids is 1. The Morgan fingerprint density at radius 2 is 1.71 bits per heavy atom. The lowest BCUT2D eigenvalue weighted by Gasteiger charge is -2.23. The van der Waals surface area contributed by atoms with E-state index in [4.69, 9.17) is 11.6 Å². The van der Waals surface area contributed by atoms with Gasteiger partial charge >= 0.3 is 12.1 Å². The van der Waals surface area contributed by atoms with Crippen molar-refractivity contribution in [2.75, 3.05) is 0 Å². The number of aromatic carboxylic acids is 1. The highest BCUT2D eigenvalue weighted by molar-refractivity contribution is 6.33. The highest BCUT2D eigenvalue weighted by Gasteiger charge is 2.31. The van der Waals surface area contributed by atoms with E-state index in [1.54, 1.807) is 12.1 Å². The normalized spacial score (nSPS) is 12.9. The van der Waals surface area contributed by atoms with Crippen LogP contribution in [0.5, 0.6) is 0 Å². The van der Waals surface area contributed by atoms with Crippen LogP contribution in [0.3, 0.4) is 0 Å². The van der Waals surface area contributed by atoms with Gasteiger partial charge in [0.15, 0.2) is 0 Å². The van der Waals surface area contributed by atoms with Gasteiger partial charge in [-0.05, 0) is 65.9 Å². The van der Waals surface area contributed by atoms with Gasteiger partial charge in [-0.3, -0.25) is 0 Å². The molecule has 0 fully saturated rings. The van der Waals surface area contributed by atoms with Gasteiger partial charge in [0.25, 0.3) is 0 Å². The van der Waals surface area contributed by atoms with E-state index in [1.165, 1.54) is 6.07 Å². The van der Waals surface area contributed by atoms with E-state index in [-0.39, 0.29) is 16.6 Å². The number of rotatable bonds is 6. The van der Waals surface area contributed by atoms with Crippen LogP contribution >= 0.6 is 11.6 Å². The fourth-order valence-corrected chi connectivity index (χ4v) is 4.52. The molecule has 0 bridgehead atoms. The third-order valence-corrected chi connectivity index (χ3v) is 6.21. The van der Waals surface area contributed by atoms with Crippen LogP contribution < -0.4 is 0 Å². The molecule has 0 spiro atoms. The lowest BCUT2D eigenvalue weighted by Crippen LogP contribution is -2.12. The second-order valence-electron chi connectivity index (χ2n) is 8.76. The summed E-state index contributed by atoms with van der Waals surface area (Å²) >= 11 is 6.20. The molecule has 1 heterocycles. The molecule has 34 heavy (non-hydrogen) atoms. The van der Waals surface area contributed by atoms with Crippen LogP contribution in [0.15, 0.2) is 72.9 Å². The van der Waals surface area contributed by atoms with Crippen LogP contribution in [0, 0.1) is 5.92 Å². The molecule has 0 aliphatic carbocycles. The minimum absolute atomic E-state index is 0.000789. The van der Waals surface area contributed by atoms with Crippen LogP contribution in [-0.2, 0) is 6.18 Å². The molecule has 0 aliphatic rings. The smallest absolute Gasteiger partial charge is 0.416 e. The molecule has 1 unspecified atom stereocenters. The van der Waals surface area contributed by atoms with Gasteiger partial charge in [-0.2, -0.15) is 13.2 Å². The molecule has 176 valence electrons. The molecule has 0 radical (unpaired) electrons. The Bertz CT molecular complexity index is 1340. The molecule has 0 amide bonds. The van der Waals surface area contributed by atoms with Crippen molar-refractivity contribution in [3.05, 3.63) is 94.6 Å². The number of nitrogens with zero attached hydrogens (tertiary/aromatic N) is 1. The van der Waals surface area contributed by atoms with Crippen molar-refractivity contribution in [1.29, 1.82) is 0 Å². The molecule has 3 nitrogen and oxygen atoms in total. The molecule has 1 atom stereocenters. The standard InChI is InChI=1S/C27H23ClF3NO2/c1-16(2)13-25(17-3-5-18(6-4-17)26(33)34)32-12-11-20-14-19(7-10-24(20)32)22-9-8-21(15-23(22)28)27(29,30)31/h3-12,14-16,25H,13H2,1-2H3,(H,33,34). The minimum Gasteiger partial charge on any atom is -0.478 e. The molecule has 3 aromatic carbocycles. The zero-order valence-corrected chi connectivity index (χ0v) is 19.4. The topological polar surface area (TPSA) is 42.2 Å². The summed E-state index contributed by atoms with van der Waals surface area (Å²) in [5, 5.41) is 10.2. The summed E-state index contributed by atoms with van der Waals surface area (Å²) in [6.07, 6.45) is -1.61. The van der Waals surface area contributed by atoms with Gasteiger partial charge in [-0.1, -0.05) is 49.7 Å². The first-order chi connectivity index (χ1) is 16.0. The number of benzene rings is 3. The maximum absolute atomic E-state index is 13.0. The number of alkyl halides is 3. The van der Waals surface area contributed by atoms with Gasteiger partial charge in [0.2, 0.25) is 0 Å². The second-order valence-corrected chi connectivity index (χ2v) is 9.17. The maximum atomic E-state index is 13.0. The van der Waals surface area contributed by atoms with Crippen molar-refractivity contribution >= 4 is 28.5 Å². The molecule has 1 aromatic heterocycles. The van der Waals surface area contributed by atoms with E-state index < -0.39 is 17.7 Å². The largest absolute Gasteiger partial charge is 0.478 e. The Labute approximate surface area is 200 Å². The number of hydrogen-bond acceptors (Lipinski definition) is 1. The van der Waals surface area contributed by atoms with Gasteiger partial charge in [0.05, 0.1) is 17.2 Å². The Hall–Kier alpha value is -3.25. The monoisotopic (exact) mass is 485 g/mol. The molecule has 7 heteroatoms. The molecular formula is C27H23ClF3NO2. The highest BCUT2D eigenvalue weighted by Crippen LogP contribution is 2.37. The van der Waals surface area contributed by atoms with Crippen molar-refractivity contribution in [1.82, 2.24) is 4.57 Å². The summed E-state index contributed by atoms with van der Waals surface area (Å²) in [6, 6.07) is 18.0. The Morgan fingerprint density at radius 3 is 2.29 bits per heavy atom. The van der Waals surface area contributed by atoms with Crippen molar-refractivity contribution in [3.8, 4) is 11.1 Å². The molecule has 0 aliphatic heterocycles. The van der Waals surface area contributed by atoms with Crippen LogP contribution in [0.4, 0.5) is 13.2 Å². The van der Waals surface area contributed by atoms with Crippen molar-refractivity contribution < 1.29 is 23.1 Å². The van der Waals surface area contributed by atoms with Gasteiger partial charge in [-0.15, -0.1) is 0 Å². The van der Waals surface area contributed by atoms with E-state index in [0.717, 1.165) is 40.6 Å². The van der Waals surface area contributed by atoms with E-state index >= 15 is 0 Å². The van der Waals surface area contributed by atoms with E-state index in [9.17, 15) is 23.1 Å².